The second-order valence-corrected chi connectivity index (χ2v) is 5.31. The first kappa shape index (κ1) is 14.1. The lowest BCUT2D eigenvalue weighted by Gasteiger charge is -2.00. The van der Waals surface area contributed by atoms with Gasteiger partial charge in [0.2, 0.25) is 0 Å². The molecule has 7 nitrogen and oxygen atoms in total. The largest absolute Gasteiger partial charge is 0.507 e. The van der Waals surface area contributed by atoms with E-state index < -0.39 is 0 Å². The fourth-order valence-electron chi connectivity index (χ4n) is 2.61. The Bertz CT molecular complexity index is 1070. The van der Waals surface area contributed by atoms with E-state index >= 15 is 0 Å². The van der Waals surface area contributed by atoms with Crippen LogP contribution in [-0.4, -0.2) is 31.1 Å². The van der Waals surface area contributed by atoms with Crippen molar-refractivity contribution in [1.29, 1.82) is 0 Å². The van der Waals surface area contributed by atoms with Crippen LogP contribution in [0, 0.1) is 0 Å². The number of hydrazone groups is 1. The van der Waals surface area contributed by atoms with Crippen LogP contribution < -0.4 is 5.43 Å². The van der Waals surface area contributed by atoms with Crippen LogP contribution in [0.4, 0.5) is 5.95 Å². The molecule has 2 N–H and O–H groups in total. The number of fused-ring (bicyclic) bond motifs is 3. The summed E-state index contributed by atoms with van der Waals surface area (Å²) in [5, 5.41) is 23.1. The molecule has 0 spiro atoms. The van der Waals surface area contributed by atoms with Crippen molar-refractivity contribution in [2.24, 2.45) is 12.1 Å². The van der Waals surface area contributed by atoms with Gasteiger partial charge >= 0.3 is 0 Å². The minimum Gasteiger partial charge on any atom is -0.507 e. The molecule has 0 aliphatic heterocycles. The number of phenols is 1. The predicted octanol–water partition coefficient (Wildman–Crippen LogP) is 2.67. The zero-order chi connectivity index (χ0) is 16.5. The highest BCUT2D eigenvalue weighted by atomic mass is 16.3. The van der Waals surface area contributed by atoms with E-state index in [-0.39, 0.29) is 5.75 Å². The zero-order valence-electron chi connectivity index (χ0n) is 12.9. The Morgan fingerprint density at radius 1 is 1.08 bits per heavy atom. The monoisotopic (exact) mass is 318 g/mol. The summed E-state index contributed by atoms with van der Waals surface area (Å²) in [4.78, 5) is 4.47. The van der Waals surface area contributed by atoms with Crippen molar-refractivity contribution < 1.29 is 5.11 Å². The molecule has 4 rings (SSSR count). The lowest BCUT2D eigenvalue weighted by molar-refractivity contribution is 0.474. The smallest absolute Gasteiger partial charge is 0.265 e. The van der Waals surface area contributed by atoms with Crippen molar-refractivity contribution in [3.8, 4) is 5.75 Å². The van der Waals surface area contributed by atoms with Gasteiger partial charge in [-0.3, -0.25) is 0 Å². The molecule has 2 aromatic heterocycles. The van der Waals surface area contributed by atoms with E-state index in [1.807, 2.05) is 41.9 Å². The van der Waals surface area contributed by atoms with Crippen LogP contribution in [0.25, 0.3) is 22.1 Å². The van der Waals surface area contributed by atoms with Gasteiger partial charge < -0.3 is 9.67 Å². The molecule has 7 heteroatoms. The highest BCUT2D eigenvalue weighted by Crippen LogP contribution is 2.24. The maximum atomic E-state index is 9.70. The van der Waals surface area contributed by atoms with E-state index in [2.05, 4.69) is 25.7 Å². The molecule has 0 atom stereocenters. The molecule has 0 aliphatic rings. The molecule has 0 amide bonds. The molecule has 2 aromatic carbocycles. The third kappa shape index (κ3) is 2.32. The molecule has 0 aliphatic carbocycles. The Morgan fingerprint density at radius 2 is 1.88 bits per heavy atom. The first-order valence-electron chi connectivity index (χ1n) is 7.39. The predicted molar refractivity (Wildman–Crippen MR) is 93.1 cm³/mol. The number of hydrogen-bond donors (Lipinski definition) is 2. The Balaban J connectivity index is 1.67. The average Bonchev–Trinajstić information content (AvgIpc) is 2.90. The number of hydrogen-bond acceptors (Lipinski definition) is 6. The van der Waals surface area contributed by atoms with Crippen molar-refractivity contribution in [2.45, 2.75) is 0 Å². The molecular formula is C17H14N6O. The molecule has 0 unspecified atom stereocenters. The van der Waals surface area contributed by atoms with Gasteiger partial charge in [0, 0.05) is 18.0 Å². The van der Waals surface area contributed by atoms with Crippen molar-refractivity contribution in [2.75, 3.05) is 5.43 Å². The van der Waals surface area contributed by atoms with E-state index in [9.17, 15) is 5.11 Å². The first-order valence-corrected chi connectivity index (χ1v) is 7.39. The molecule has 4 aromatic rings. The van der Waals surface area contributed by atoms with Crippen molar-refractivity contribution in [1.82, 2.24) is 19.7 Å². The lowest BCUT2D eigenvalue weighted by atomic mass is 10.2. The summed E-state index contributed by atoms with van der Waals surface area (Å²) in [6.07, 6.45) is 1.50. The van der Waals surface area contributed by atoms with Crippen LogP contribution in [0.1, 0.15) is 5.56 Å². The second-order valence-electron chi connectivity index (χ2n) is 5.31. The van der Waals surface area contributed by atoms with Crippen LogP contribution in [0.2, 0.25) is 0 Å². The van der Waals surface area contributed by atoms with E-state index in [0.29, 0.717) is 11.5 Å². The minimum atomic E-state index is 0.159. The van der Waals surface area contributed by atoms with E-state index in [4.69, 9.17) is 0 Å². The number of nitrogens with one attached hydrogen (secondary N) is 1. The summed E-state index contributed by atoms with van der Waals surface area (Å²) in [6.45, 7) is 0. The number of aromatic nitrogens is 4. The fraction of sp³-hybridized carbons (Fsp3) is 0.0588. The van der Waals surface area contributed by atoms with Crippen LogP contribution in [0.5, 0.6) is 5.75 Å². The quantitative estimate of drug-likeness (QED) is 0.448. The van der Waals surface area contributed by atoms with Gasteiger partial charge in [-0.25, -0.2) is 5.43 Å². The Morgan fingerprint density at radius 3 is 2.75 bits per heavy atom. The Kier molecular flexibility index (Phi) is 3.31. The SMILES string of the molecule is Cn1c2ccccc2c2nnc(NN=Cc3ccccc3O)nc21. The van der Waals surface area contributed by atoms with E-state index in [1.54, 1.807) is 18.2 Å². The summed E-state index contributed by atoms with van der Waals surface area (Å²) >= 11 is 0. The third-order valence-corrected chi connectivity index (χ3v) is 3.81. The van der Waals surface area contributed by atoms with Crippen molar-refractivity contribution in [3.63, 3.8) is 0 Å². The number of rotatable bonds is 3. The molecule has 0 saturated carbocycles. The maximum absolute atomic E-state index is 9.70. The molecule has 2 heterocycles. The van der Waals surface area contributed by atoms with Crippen molar-refractivity contribution >= 4 is 34.2 Å². The number of benzene rings is 2. The molecule has 0 bridgehead atoms. The van der Waals surface area contributed by atoms with Gasteiger partial charge in [-0.15, -0.1) is 10.2 Å². The van der Waals surface area contributed by atoms with Gasteiger partial charge in [0.05, 0.1) is 11.7 Å². The van der Waals surface area contributed by atoms with Crippen LogP contribution in [0.15, 0.2) is 53.6 Å². The minimum absolute atomic E-state index is 0.159. The molecule has 0 fully saturated rings. The number of phenolic OH excluding ortho intramolecular Hbond substituents is 1. The van der Waals surface area contributed by atoms with E-state index in [1.165, 1.54) is 6.21 Å². The van der Waals surface area contributed by atoms with Crippen molar-refractivity contribution in [3.05, 3.63) is 54.1 Å². The average molecular weight is 318 g/mol. The highest BCUT2D eigenvalue weighted by Gasteiger charge is 2.11. The number of nitrogens with zero attached hydrogens (tertiary/aromatic N) is 5. The van der Waals surface area contributed by atoms with Crippen LogP contribution >= 0.6 is 0 Å². The maximum Gasteiger partial charge on any atom is 0.265 e. The summed E-state index contributed by atoms with van der Waals surface area (Å²) in [5.41, 5.74) is 5.87. The molecule has 118 valence electrons. The molecule has 24 heavy (non-hydrogen) atoms. The summed E-state index contributed by atoms with van der Waals surface area (Å²) in [5.74, 6) is 0.450. The normalized spacial score (nSPS) is 11.5. The number of para-hydroxylation sites is 2. The van der Waals surface area contributed by atoms with Gasteiger partial charge in [0.1, 0.15) is 11.3 Å². The number of anilines is 1. The number of aryl methyl sites for hydroxylation is 1. The van der Waals surface area contributed by atoms with Gasteiger partial charge in [-0.1, -0.05) is 30.3 Å². The first-order chi connectivity index (χ1) is 11.7. The van der Waals surface area contributed by atoms with Gasteiger partial charge in [-0.05, 0) is 18.2 Å². The Labute approximate surface area is 137 Å². The second kappa shape index (κ2) is 5.62. The molecular weight excluding hydrogens is 304 g/mol. The summed E-state index contributed by atoms with van der Waals surface area (Å²) in [7, 11) is 1.94. The lowest BCUT2D eigenvalue weighted by Crippen LogP contribution is -2.00. The van der Waals surface area contributed by atoms with E-state index in [0.717, 1.165) is 22.1 Å². The van der Waals surface area contributed by atoms with Crippen LogP contribution in [-0.2, 0) is 7.05 Å². The standard InChI is InChI=1S/C17H14N6O/c1-23-13-8-4-3-7-12(13)15-16(23)19-17(22-20-15)21-18-10-11-6-2-5-9-14(11)24/h2-10,24H,1H3,(H,19,21,22). The molecule has 0 radical (unpaired) electrons. The zero-order valence-corrected chi connectivity index (χ0v) is 12.9. The van der Waals surface area contributed by atoms with Gasteiger partial charge in [0.25, 0.3) is 5.95 Å². The Hall–Kier alpha value is -3.48. The summed E-state index contributed by atoms with van der Waals surface area (Å²) in [6, 6.07) is 14.9. The number of aromatic hydroxyl groups is 1. The van der Waals surface area contributed by atoms with Gasteiger partial charge in [0.15, 0.2) is 5.65 Å². The van der Waals surface area contributed by atoms with Crippen LogP contribution in [0.3, 0.4) is 0 Å². The highest BCUT2D eigenvalue weighted by molar-refractivity contribution is 6.04. The van der Waals surface area contributed by atoms with Gasteiger partial charge in [-0.2, -0.15) is 10.1 Å². The molecule has 0 saturated heterocycles. The third-order valence-electron chi connectivity index (χ3n) is 3.81. The fourth-order valence-corrected chi connectivity index (χ4v) is 2.61. The topological polar surface area (TPSA) is 88.2 Å². The summed E-state index contributed by atoms with van der Waals surface area (Å²) < 4.78 is 1.97.